The Kier molecular flexibility index (Phi) is 9.17. The van der Waals surface area contributed by atoms with Crippen molar-refractivity contribution in [1.29, 1.82) is 0 Å². The van der Waals surface area contributed by atoms with E-state index in [2.05, 4.69) is 67.6 Å². The molecule has 0 aliphatic heterocycles. The highest BCUT2D eigenvalue weighted by atomic mass is 127. The van der Waals surface area contributed by atoms with Gasteiger partial charge >= 0.3 is 0 Å². The van der Waals surface area contributed by atoms with Gasteiger partial charge in [-0.3, -0.25) is 4.99 Å². The molecule has 2 heterocycles. The van der Waals surface area contributed by atoms with Gasteiger partial charge in [0.2, 0.25) is 0 Å². The number of aliphatic imine (C=N–C) groups is 1. The molecule has 1 aromatic carbocycles. The lowest BCUT2D eigenvalue weighted by Crippen LogP contribution is -2.39. The molecule has 0 fully saturated rings. The molecule has 0 spiro atoms. The molecule has 3 rings (SSSR count). The molecule has 0 bridgehead atoms. The maximum absolute atomic E-state index is 4.62. The van der Waals surface area contributed by atoms with Gasteiger partial charge in [-0.2, -0.15) is 0 Å². The Bertz CT molecular complexity index is 901. The summed E-state index contributed by atoms with van der Waals surface area (Å²) >= 11 is 1.74. The predicted octanol–water partition coefficient (Wildman–Crippen LogP) is 3.78. The largest absolute Gasteiger partial charge is 0.356 e. The van der Waals surface area contributed by atoms with Gasteiger partial charge in [0.15, 0.2) is 5.96 Å². The third-order valence-electron chi connectivity index (χ3n) is 4.50. The normalized spacial score (nSPS) is 11.5. The molecule has 6 nitrogen and oxygen atoms in total. The molecular weight excluding hydrogens is 483 g/mol. The second-order valence-electron chi connectivity index (χ2n) is 6.41. The molecule has 28 heavy (non-hydrogen) atoms. The van der Waals surface area contributed by atoms with E-state index in [4.69, 9.17) is 0 Å². The number of nitrogens with zero attached hydrogens (tertiary/aromatic N) is 4. The summed E-state index contributed by atoms with van der Waals surface area (Å²) in [5, 5.41) is 10.1. The number of halogens is 1. The van der Waals surface area contributed by atoms with Gasteiger partial charge in [0.1, 0.15) is 5.82 Å². The maximum Gasteiger partial charge on any atom is 0.190 e. The summed E-state index contributed by atoms with van der Waals surface area (Å²) in [6, 6.07) is 8.29. The van der Waals surface area contributed by atoms with E-state index in [0.29, 0.717) is 0 Å². The highest BCUT2D eigenvalue weighted by Crippen LogP contribution is 2.15. The minimum Gasteiger partial charge on any atom is -0.356 e. The summed E-state index contributed by atoms with van der Waals surface area (Å²) < 4.78 is 2.28. The van der Waals surface area contributed by atoms with Crippen LogP contribution in [0.4, 0.5) is 0 Å². The van der Waals surface area contributed by atoms with Crippen LogP contribution in [0.15, 0.2) is 34.6 Å². The topological polar surface area (TPSA) is 67.1 Å². The van der Waals surface area contributed by atoms with E-state index in [1.807, 2.05) is 6.07 Å². The van der Waals surface area contributed by atoms with Gasteiger partial charge < -0.3 is 15.2 Å². The molecule has 0 aliphatic carbocycles. The van der Waals surface area contributed by atoms with Crippen LogP contribution in [0, 0.1) is 6.92 Å². The van der Waals surface area contributed by atoms with Crippen molar-refractivity contribution < 1.29 is 0 Å². The summed E-state index contributed by atoms with van der Waals surface area (Å²) in [7, 11) is 1.81. The van der Waals surface area contributed by atoms with E-state index in [1.54, 1.807) is 18.4 Å². The van der Waals surface area contributed by atoms with Gasteiger partial charge in [0, 0.05) is 38.5 Å². The number of para-hydroxylation sites is 2. The number of hydrogen-bond acceptors (Lipinski definition) is 4. The van der Waals surface area contributed by atoms with Crippen LogP contribution in [0.2, 0.25) is 0 Å². The fraction of sp³-hybridized carbons (Fsp3) is 0.450. The molecule has 0 saturated heterocycles. The number of hydrogen-bond donors (Lipinski definition) is 2. The summed E-state index contributed by atoms with van der Waals surface area (Å²) in [5.74, 6) is 1.90. The molecule has 0 saturated carbocycles. The van der Waals surface area contributed by atoms with Crippen LogP contribution in [-0.2, 0) is 19.4 Å². The molecule has 0 radical (unpaired) electrons. The first-order valence-corrected chi connectivity index (χ1v) is 10.4. The van der Waals surface area contributed by atoms with E-state index in [-0.39, 0.29) is 24.0 Å². The number of imidazole rings is 1. The Balaban J connectivity index is 0.00000280. The number of rotatable bonds is 8. The minimum absolute atomic E-state index is 0. The van der Waals surface area contributed by atoms with Crippen molar-refractivity contribution in [3.63, 3.8) is 0 Å². The van der Waals surface area contributed by atoms with Crippen LogP contribution in [0.5, 0.6) is 0 Å². The minimum atomic E-state index is 0. The third kappa shape index (κ3) is 5.91. The summed E-state index contributed by atoms with van der Waals surface area (Å²) in [5.41, 5.74) is 3.42. The Morgan fingerprint density at radius 2 is 1.96 bits per heavy atom. The van der Waals surface area contributed by atoms with Crippen molar-refractivity contribution in [2.45, 2.75) is 39.7 Å². The standard InChI is InChI=1S/C20H28N6S.HI/c1-4-19-25-16(14-27-19)10-12-23-20(21-3)22-11-7-13-26-15(2)24-17-8-5-6-9-18(17)26;/h5-6,8-9,14H,4,7,10-13H2,1-3H3,(H2,21,22,23);1H. The van der Waals surface area contributed by atoms with Gasteiger partial charge in [0.25, 0.3) is 0 Å². The van der Waals surface area contributed by atoms with E-state index in [1.165, 1.54) is 10.5 Å². The zero-order valence-electron chi connectivity index (χ0n) is 16.7. The van der Waals surface area contributed by atoms with Crippen molar-refractivity contribution in [3.05, 3.63) is 46.2 Å². The van der Waals surface area contributed by atoms with E-state index in [0.717, 1.165) is 61.9 Å². The number of aryl methyl sites for hydroxylation is 3. The third-order valence-corrected chi connectivity index (χ3v) is 5.54. The number of nitrogens with one attached hydrogen (secondary N) is 2. The molecule has 0 unspecified atom stereocenters. The molecule has 0 atom stereocenters. The molecule has 2 N–H and O–H groups in total. The highest BCUT2D eigenvalue weighted by Gasteiger charge is 2.06. The number of guanidine groups is 1. The monoisotopic (exact) mass is 512 g/mol. The molecular formula is C20H29IN6S. The van der Waals surface area contributed by atoms with E-state index < -0.39 is 0 Å². The second kappa shape index (κ2) is 11.4. The molecule has 0 aliphatic rings. The molecule has 8 heteroatoms. The number of aromatic nitrogens is 3. The zero-order chi connectivity index (χ0) is 19.1. The van der Waals surface area contributed by atoms with Gasteiger partial charge in [-0.25, -0.2) is 9.97 Å². The van der Waals surface area contributed by atoms with Crippen LogP contribution in [0.3, 0.4) is 0 Å². The molecule has 2 aromatic heterocycles. The number of fused-ring (bicyclic) bond motifs is 1. The number of thiazole rings is 1. The first kappa shape index (κ1) is 22.6. The fourth-order valence-electron chi connectivity index (χ4n) is 3.08. The SMILES string of the molecule is CCc1nc(CCNC(=NC)NCCCn2c(C)nc3ccccc32)cs1.I. The second-order valence-corrected chi connectivity index (χ2v) is 7.36. The lowest BCUT2D eigenvalue weighted by molar-refractivity contribution is 0.624. The first-order valence-electron chi connectivity index (χ1n) is 9.51. The summed E-state index contributed by atoms with van der Waals surface area (Å²) in [6.45, 7) is 6.84. The van der Waals surface area contributed by atoms with Crippen LogP contribution >= 0.6 is 35.3 Å². The average molecular weight is 512 g/mol. The van der Waals surface area contributed by atoms with Crippen molar-refractivity contribution in [3.8, 4) is 0 Å². The Labute approximate surface area is 187 Å². The maximum atomic E-state index is 4.62. The van der Waals surface area contributed by atoms with Crippen LogP contribution < -0.4 is 10.6 Å². The van der Waals surface area contributed by atoms with Gasteiger partial charge in [-0.15, -0.1) is 35.3 Å². The first-order chi connectivity index (χ1) is 13.2. The van der Waals surface area contributed by atoms with E-state index >= 15 is 0 Å². The quantitative estimate of drug-likeness (QED) is 0.209. The van der Waals surface area contributed by atoms with Crippen LogP contribution in [-0.4, -0.2) is 40.6 Å². The zero-order valence-corrected chi connectivity index (χ0v) is 19.9. The molecule has 0 amide bonds. The van der Waals surface area contributed by atoms with E-state index in [9.17, 15) is 0 Å². The lowest BCUT2D eigenvalue weighted by Gasteiger charge is -2.12. The van der Waals surface area contributed by atoms with Crippen molar-refractivity contribution in [1.82, 2.24) is 25.2 Å². The molecule has 152 valence electrons. The molecule has 3 aromatic rings. The Morgan fingerprint density at radius 3 is 2.71 bits per heavy atom. The van der Waals surface area contributed by atoms with Crippen molar-refractivity contribution in [2.75, 3.05) is 20.1 Å². The summed E-state index contributed by atoms with van der Waals surface area (Å²) in [6.07, 6.45) is 2.93. The van der Waals surface area contributed by atoms with Crippen LogP contribution in [0.25, 0.3) is 11.0 Å². The smallest absolute Gasteiger partial charge is 0.190 e. The predicted molar refractivity (Wildman–Crippen MR) is 129 cm³/mol. The number of benzene rings is 1. The van der Waals surface area contributed by atoms with Gasteiger partial charge in [-0.1, -0.05) is 19.1 Å². The Hall–Kier alpha value is -1.68. The van der Waals surface area contributed by atoms with Gasteiger partial charge in [0.05, 0.1) is 21.7 Å². The summed E-state index contributed by atoms with van der Waals surface area (Å²) in [4.78, 5) is 13.5. The van der Waals surface area contributed by atoms with Crippen molar-refractivity contribution >= 4 is 52.3 Å². The van der Waals surface area contributed by atoms with Crippen LogP contribution in [0.1, 0.15) is 29.9 Å². The Morgan fingerprint density at radius 1 is 1.18 bits per heavy atom. The van der Waals surface area contributed by atoms with Gasteiger partial charge in [-0.05, 0) is 31.9 Å². The lowest BCUT2D eigenvalue weighted by atomic mass is 10.3. The highest BCUT2D eigenvalue weighted by molar-refractivity contribution is 14.0. The fourth-order valence-corrected chi connectivity index (χ4v) is 3.86. The van der Waals surface area contributed by atoms with Crippen molar-refractivity contribution in [2.24, 2.45) is 4.99 Å². The average Bonchev–Trinajstić information content (AvgIpc) is 3.27.